The van der Waals surface area contributed by atoms with Gasteiger partial charge in [0.25, 0.3) is 0 Å². The highest BCUT2D eigenvalue weighted by molar-refractivity contribution is 5.76. The Morgan fingerprint density at radius 3 is 2.29 bits per heavy atom. The van der Waals surface area contributed by atoms with E-state index in [0.29, 0.717) is 0 Å². The molecule has 0 aromatic heterocycles. The first-order chi connectivity index (χ1) is 12.9. The van der Waals surface area contributed by atoms with E-state index in [2.05, 4.69) is 10.7 Å². The van der Waals surface area contributed by atoms with E-state index < -0.39 is 29.4 Å². The number of hydrogen-bond donors (Lipinski definition) is 2. The van der Waals surface area contributed by atoms with Gasteiger partial charge in [-0.15, -0.1) is 0 Å². The van der Waals surface area contributed by atoms with Crippen LogP contribution < -0.4 is 10.7 Å². The number of rotatable bonds is 1. The summed E-state index contributed by atoms with van der Waals surface area (Å²) in [4.78, 5) is 25.3. The number of fused-ring (bicyclic) bond motifs is 3. The van der Waals surface area contributed by atoms with Crippen LogP contribution in [0.2, 0.25) is 0 Å². The predicted octanol–water partition coefficient (Wildman–Crippen LogP) is 4.18. The highest BCUT2D eigenvalue weighted by Gasteiger charge is 2.45. The number of amides is 2. The molecule has 7 heteroatoms. The molecule has 0 saturated heterocycles. The molecule has 1 aliphatic carbocycles. The van der Waals surface area contributed by atoms with Crippen molar-refractivity contribution < 1.29 is 19.1 Å². The topological polar surface area (TPSA) is 79.9 Å². The maximum Gasteiger partial charge on any atom is 0.429 e. The first-order valence-electron chi connectivity index (χ1n) is 9.50. The van der Waals surface area contributed by atoms with Crippen LogP contribution in [-0.2, 0) is 9.47 Å². The Labute approximate surface area is 166 Å². The summed E-state index contributed by atoms with van der Waals surface area (Å²) in [6, 6.07) is 7.63. The van der Waals surface area contributed by atoms with Crippen LogP contribution in [0, 0.1) is 0 Å². The molecule has 1 aromatic rings. The van der Waals surface area contributed by atoms with Crippen LogP contribution in [0.25, 0.3) is 0 Å². The standard InChI is InChI=1S/C21H29N3O4/c1-20(2,3)27-18(25)23-24(19(26)28-21(4,5)6)16-12-11-15-17(16)13-9-7-8-10-14(13)22-15/h7-12,15-17,22H,1-6H3,(H,23,25)/t15-,16+,17-/m1/s1. The van der Waals surface area contributed by atoms with Crippen LogP contribution in [0.3, 0.4) is 0 Å². The van der Waals surface area contributed by atoms with Gasteiger partial charge in [0, 0.05) is 11.6 Å². The number of hydrogen-bond acceptors (Lipinski definition) is 5. The summed E-state index contributed by atoms with van der Waals surface area (Å²) in [5.74, 6) is -0.0290. The normalized spacial score (nSPS) is 22.7. The van der Waals surface area contributed by atoms with E-state index in [1.807, 2.05) is 36.4 Å². The zero-order valence-electron chi connectivity index (χ0n) is 17.3. The molecular formula is C21H29N3O4. The fraction of sp³-hybridized carbons (Fsp3) is 0.524. The summed E-state index contributed by atoms with van der Waals surface area (Å²) in [5, 5.41) is 4.69. The van der Waals surface area contributed by atoms with Gasteiger partial charge in [-0.2, -0.15) is 0 Å². The molecule has 0 radical (unpaired) electrons. The Morgan fingerprint density at radius 2 is 1.64 bits per heavy atom. The van der Waals surface area contributed by atoms with E-state index in [1.54, 1.807) is 41.5 Å². The molecule has 2 aliphatic rings. The number of anilines is 1. The van der Waals surface area contributed by atoms with Gasteiger partial charge in [-0.05, 0) is 53.2 Å². The largest absolute Gasteiger partial charge is 0.443 e. The molecule has 1 heterocycles. The molecule has 2 N–H and O–H groups in total. The van der Waals surface area contributed by atoms with E-state index in [4.69, 9.17) is 9.47 Å². The van der Waals surface area contributed by atoms with Crippen molar-refractivity contribution in [1.29, 1.82) is 0 Å². The van der Waals surface area contributed by atoms with Crippen LogP contribution in [0.15, 0.2) is 36.4 Å². The molecule has 0 fully saturated rings. The Morgan fingerprint density at radius 1 is 1.00 bits per heavy atom. The van der Waals surface area contributed by atoms with Crippen LogP contribution in [0.1, 0.15) is 53.0 Å². The number of carbonyl (C=O) groups is 2. The molecule has 3 atom stereocenters. The Bertz CT molecular complexity index is 792. The zero-order valence-corrected chi connectivity index (χ0v) is 17.3. The third-order valence-corrected chi connectivity index (χ3v) is 4.41. The first kappa shape index (κ1) is 20.0. The maximum atomic E-state index is 12.9. The van der Waals surface area contributed by atoms with E-state index in [1.165, 1.54) is 5.01 Å². The van der Waals surface area contributed by atoms with Crippen molar-refractivity contribution in [2.45, 2.75) is 70.7 Å². The lowest BCUT2D eigenvalue weighted by Gasteiger charge is -2.34. The Kier molecular flexibility index (Phi) is 5.04. The van der Waals surface area contributed by atoms with Crippen molar-refractivity contribution in [3.63, 3.8) is 0 Å². The molecule has 3 rings (SSSR count). The lowest BCUT2D eigenvalue weighted by molar-refractivity contribution is -0.00654. The molecule has 0 saturated carbocycles. The third-order valence-electron chi connectivity index (χ3n) is 4.41. The minimum absolute atomic E-state index is 0.0290. The molecule has 152 valence electrons. The monoisotopic (exact) mass is 387 g/mol. The number of hydrazine groups is 1. The van der Waals surface area contributed by atoms with Crippen LogP contribution in [-0.4, -0.2) is 40.5 Å². The summed E-state index contributed by atoms with van der Waals surface area (Å²) in [5.41, 5.74) is 3.36. The Hall–Kier alpha value is -2.70. The predicted molar refractivity (Wildman–Crippen MR) is 107 cm³/mol. The molecule has 2 amide bonds. The van der Waals surface area contributed by atoms with Crippen molar-refractivity contribution in [2.24, 2.45) is 0 Å². The summed E-state index contributed by atoms with van der Waals surface area (Å²) in [6.07, 6.45) is 2.61. The minimum Gasteiger partial charge on any atom is -0.443 e. The van der Waals surface area contributed by atoms with Gasteiger partial charge in [-0.25, -0.2) is 20.0 Å². The second-order valence-corrected chi connectivity index (χ2v) is 9.12. The molecular weight excluding hydrogens is 358 g/mol. The van der Waals surface area contributed by atoms with Crippen molar-refractivity contribution in [3.05, 3.63) is 42.0 Å². The fourth-order valence-electron chi connectivity index (χ4n) is 3.50. The first-order valence-corrected chi connectivity index (χ1v) is 9.50. The molecule has 0 bridgehead atoms. The van der Waals surface area contributed by atoms with Gasteiger partial charge in [-0.1, -0.05) is 30.4 Å². The summed E-state index contributed by atoms with van der Waals surface area (Å²) < 4.78 is 10.9. The van der Waals surface area contributed by atoms with Gasteiger partial charge in [-0.3, -0.25) is 0 Å². The number of para-hydroxylation sites is 1. The lowest BCUT2D eigenvalue weighted by atomic mass is 9.93. The van der Waals surface area contributed by atoms with E-state index in [-0.39, 0.29) is 12.0 Å². The second kappa shape index (κ2) is 7.04. The molecule has 7 nitrogen and oxygen atoms in total. The van der Waals surface area contributed by atoms with Gasteiger partial charge in [0.1, 0.15) is 11.2 Å². The molecule has 1 aliphatic heterocycles. The average Bonchev–Trinajstić information content (AvgIpc) is 3.08. The highest BCUT2D eigenvalue weighted by atomic mass is 16.6. The number of carbonyl (C=O) groups excluding carboxylic acids is 2. The minimum atomic E-state index is -0.700. The van der Waals surface area contributed by atoms with Crippen LogP contribution in [0.4, 0.5) is 15.3 Å². The van der Waals surface area contributed by atoms with E-state index in [0.717, 1.165) is 11.3 Å². The summed E-state index contributed by atoms with van der Waals surface area (Å²) >= 11 is 0. The van der Waals surface area contributed by atoms with Crippen molar-refractivity contribution in [1.82, 2.24) is 10.4 Å². The molecule has 0 spiro atoms. The third kappa shape index (κ3) is 4.40. The quantitative estimate of drug-likeness (QED) is 0.558. The number of nitrogens with zero attached hydrogens (tertiary/aromatic N) is 1. The molecule has 28 heavy (non-hydrogen) atoms. The zero-order chi connectivity index (χ0) is 20.7. The van der Waals surface area contributed by atoms with Crippen LogP contribution in [0.5, 0.6) is 0 Å². The van der Waals surface area contributed by atoms with E-state index >= 15 is 0 Å². The smallest absolute Gasteiger partial charge is 0.429 e. The van der Waals surface area contributed by atoms with Crippen molar-refractivity contribution in [2.75, 3.05) is 5.32 Å². The van der Waals surface area contributed by atoms with Crippen LogP contribution >= 0.6 is 0 Å². The fourth-order valence-corrected chi connectivity index (χ4v) is 3.50. The van der Waals surface area contributed by atoms with Gasteiger partial charge in [0.05, 0.1) is 12.1 Å². The summed E-state index contributed by atoms with van der Waals surface area (Å²) in [6.45, 7) is 10.7. The van der Waals surface area contributed by atoms with Gasteiger partial charge in [0.2, 0.25) is 0 Å². The lowest BCUT2D eigenvalue weighted by Crippen LogP contribution is -2.55. The van der Waals surface area contributed by atoms with Gasteiger partial charge in [0.15, 0.2) is 0 Å². The highest BCUT2D eigenvalue weighted by Crippen LogP contribution is 2.43. The van der Waals surface area contributed by atoms with Gasteiger partial charge >= 0.3 is 12.2 Å². The second-order valence-electron chi connectivity index (χ2n) is 9.12. The number of nitrogens with one attached hydrogen (secondary N) is 2. The number of ether oxygens (including phenoxy) is 2. The van der Waals surface area contributed by atoms with E-state index in [9.17, 15) is 9.59 Å². The molecule has 1 aromatic carbocycles. The van der Waals surface area contributed by atoms with Crippen molar-refractivity contribution >= 4 is 17.9 Å². The van der Waals surface area contributed by atoms with Gasteiger partial charge < -0.3 is 14.8 Å². The van der Waals surface area contributed by atoms with Crippen molar-refractivity contribution in [3.8, 4) is 0 Å². The maximum absolute atomic E-state index is 12.9. The molecule has 0 unspecified atom stereocenters. The summed E-state index contributed by atoms with van der Waals surface area (Å²) in [7, 11) is 0. The average molecular weight is 387 g/mol. The SMILES string of the molecule is CC(C)(C)OC(=O)NN(C(=O)OC(C)(C)C)[C@H]1C=C[C@H]2Nc3ccccc3[C@H]21. The Balaban J connectivity index is 1.87. The number of benzene rings is 1.